The number of nitrogens with two attached hydrogens (primary N) is 1. The summed E-state index contributed by atoms with van der Waals surface area (Å²) in [6.07, 6.45) is 0. The predicted octanol–water partition coefficient (Wildman–Crippen LogP) is 4.25. The number of carbonyl (C=O) groups excluding carboxylic acids is 1. The molecule has 0 aliphatic rings. The van der Waals surface area contributed by atoms with Crippen molar-refractivity contribution in [2.75, 3.05) is 0 Å². The second-order valence-electron chi connectivity index (χ2n) is 5.61. The zero-order chi connectivity index (χ0) is 18.6. The Kier molecular flexibility index (Phi) is 4.99. The van der Waals surface area contributed by atoms with Gasteiger partial charge < -0.3 is 10.2 Å². The van der Waals surface area contributed by atoms with E-state index in [1.807, 2.05) is 47.8 Å². The first-order chi connectivity index (χ1) is 13.2. The average molecular weight is 394 g/mol. The van der Waals surface area contributed by atoms with Crippen molar-refractivity contribution in [1.82, 2.24) is 15.2 Å². The van der Waals surface area contributed by atoms with Crippen LogP contribution in [0.1, 0.15) is 16.1 Å². The van der Waals surface area contributed by atoms with Crippen LogP contribution in [-0.4, -0.2) is 21.1 Å². The maximum absolute atomic E-state index is 11.2. The molecule has 1 amide bonds. The number of primary amides is 1. The van der Waals surface area contributed by atoms with Gasteiger partial charge >= 0.3 is 0 Å². The molecule has 0 spiro atoms. The van der Waals surface area contributed by atoms with Gasteiger partial charge in [-0.25, -0.2) is 4.98 Å². The summed E-state index contributed by atoms with van der Waals surface area (Å²) in [5, 5.41) is 11.6. The van der Waals surface area contributed by atoms with Crippen molar-refractivity contribution in [1.29, 1.82) is 0 Å². The largest absolute Gasteiger partial charge is 0.411 e. The van der Waals surface area contributed by atoms with E-state index in [9.17, 15) is 4.79 Å². The van der Waals surface area contributed by atoms with Crippen molar-refractivity contribution in [3.05, 3.63) is 71.2 Å². The van der Waals surface area contributed by atoms with Crippen LogP contribution in [0.5, 0.6) is 0 Å². The molecule has 8 heteroatoms. The Morgan fingerprint density at radius 1 is 1.04 bits per heavy atom. The molecule has 0 saturated heterocycles. The number of rotatable bonds is 6. The maximum Gasteiger partial charge on any atom is 0.277 e. The lowest BCUT2D eigenvalue weighted by Gasteiger charge is -1.98. The van der Waals surface area contributed by atoms with Crippen LogP contribution >= 0.6 is 23.1 Å². The number of hydrogen-bond acceptors (Lipinski definition) is 7. The van der Waals surface area contributed by atoms with Crippen molar-refractivity contribution in [2.24, 2.45) is 5.73 Å². The van der Waals surface area contributed by atoms with E-state index in [-0.39, 0.29) is 0 Å². The molecule has 6 nitrogen and oxygen atoms in total. The molecule has 4 rings (SSSR count). The monoisotopic (exact) mass is 394 g/mol. The van der Waals surface area contributed by atoms with Gasteiger partial charge in [0.1, 0.15) is 5.01 Å². The molecule has 0 aliphatic heterocycles. The third kappa shape index (κ3) is 4.07. The molecule has 0 bridgehead atoms. The molecule has 0 unspecified atom stereocenters. The van der Waals surface area contributed by atoms with Crippen molar-refractivity contribution in [2.45, 2.75) is 11.0 Å². The highest BCUT2D eigenvalue weighted by Crippen LogP contribution is 2.29. The van der Waals surface area contributed by atoms with E-state index >= 15 is 0 Å². The maximum atomic E-state index is 11.2. The molecular weight excluding hydrogens is 380 g/mol. The van der Waals surface area contributed by atoms with Crippen LogP contribution in [0.15, 0.2) is 69.6 Å². The Morgan fingerprint density at radius 3 is 2.56 bits per heavy atom. The van der Waals surface area contributed by atoms with Gasteiger partial charge in [-0.2, -0.15) is 0 Å². The zero-order valence-electron chi connectivity index (χ0n) is 14.0. The standard InChI is InChI=1S/C19H14N4O2S2/c20-16(24)12-6-8-14(9-7-12)18-21-15(10-26-18)11-27-19-23-22-17(25-19)13-4-2-1-3-5-13/h1-10H,11H2,(H2,20,24). The number of thiazole rings is 1. The minimum absolute atomic E-state index is 0.438. The van der Waals surface area contributed by atoms with Crippen LogP contribution < -0.4 is 5.73 Å². The summed E-state index contributed by atoms with van der Waals surface area (Å²) < 4.78 is 5.69. The summed E-state index contributed by atoms with van der Waals surface area (Å²) in [4.78, 5) is 15.8. The first kappa shape index (κ1) is 17.4. The Bertz CT molecular complexity index is 1060. The van der Waals surface area contributed by atoms with Gasteiger partial charge in [0, 0.05) is 27.8 Å². The van der Waals surface area contributed by atoms with Gasteiger partial charge in [0.05, 0.1) is 5.69 Å². The molecule has 0 atom stereocenters. The molecule has 2 heterocycles. The van der Waals surface area contributed by atoms with Crippen LogP contribution in [0.4, 0.5) is 0 Å². The predicted molar refractivity (Wildman–Crippen MR) is 105 cm³/mol. The second kappa shape index (κ2) is 7.73. The van der Waals surface area contributed by atoms with Gasteiger partial charge in [0.2, 0.25) is 11.8 Å². The van der Waals surface area contributed by atoms with Crippen LogP contribution in [0, 0.1) is 0 Å². The molecule has 0 aliphatic carbocycles. The molecule has 2 N–H and O–H groups in total. The van der Waals surface area contributed by atoms with Crippen LogP contribution in [-0.2, 0) is 5.75 Å². The summed E-state index contributed by atoms with van der Waals surface area (Å²) in [6.45, 7) is 0. The van der Waals surface area contributed by atoms with Crippen molar-refractivity contribution in [3.63, 3.8) is 0 Å². The third-order valence-corrected chi connectivity index (χ3v) is 5.53. The fourth-order valence-electron chi connectivity index (χ4n) is 2.38. The number of carbonyl (C=O) groups is 1. The lowest BCUT2D eigenvalue weighted by Crippen LogP contribution is -2.10. The summed E-state index contributed by atoms with van der Waals surface area (Å²) in [5.41, 5.74) is 8.52. The minimum atomic E-state index is -0.438. The molecular formula is C19H14N4O2S2. The summed E-state index contributed by atoms with van der Waals surface area (Å²) in [7, 11) is 0. The van der Waals surface area contributed by atoms with Gasteiger partial charge in [-0.05, 0) is 24.3 Å². The molecule has 27 heavy (non-hydrogen) atoms. The van der Waals surface area contributed by atoms with E-state index in [4.69, 9.17) is 10.2 Å². The molecule has 0 fully saturated rings. The molecule has 134 valence electrons. The molecule has 0 saturated carbocycles. The topological polar surface area (TPSA) is 94.9 Å². The molecule has 2 aromatic heterocycles. The van der Waals surface area contributed by atoms with Crippen molar-refractivity contribution in [3.8, 4) is 22.0 Å². The average Bonchev–Trinajstić information content (AvgIpc) is 3.37. The molecule has 4 aromatic rings. The van der Waals surface area contributed by atoms with Gasteiger partial charge in [0.15, 0.2) is 0 Å². The van der Waals surface area contributed by atoms with E-state index in [0.717, 1.165) is 21.8 Å². The number of amides is 1. The highest BCUT2D eigenvalue weighted by atomic mass is 32.2. The first-order valence-corrected chi connectivity index (χ1v) is 9.92. The SMILES string of the molecule is NC(=O)c1ccc(-c2nc(CSc3nnc(-c4ccccc4)o3)cs2)cc1. The van der Waals surface area contributed by atoms with E-state index in [1.54, 1.807) is 23.5 Å². The highest BCUT2D eigenvalue weighted by Gasteiger charge is 2.11. The quantitative estimate of drug-likeness (QED) is 0.491. The number of hydrogen-bond donors (Lipinski definition) is 1. The summed E-state index contributed by atoms with van der Waals surface area (Å²) in [6, 6.07) is 16.8. The normalized spacial score (nSPS) is 10.8. The lowest BCUT2D eigenvalue weighted by molar-refractivity contribution is 0.100. The van der Waals surface area contributed by atoms with E-state index in [2.05, 4.69) is 15.2 Å². The summed E-state index contributed by atoms with van der Waals surface area (Å²) >= 11 is 2.99. The fraction of sp³-hybridized carbons (Fsp3) is 0.0526. The third-order valence-electron chi connectivity index (χ3n) is 3.74. The lowest BCUT2D eigenvalue weighted by atomic mass is 10.1. The van der Waals surface area contributed by atoms with Crippen LogP contribution in [0.3, 0.4) is 0 Å². The highest BCUT2D eigenvalue weighted by molar-refractivity contribution is 7.98. The Balaban J connectivity index is 1.41. The number of thioether (sulfide) groups is 1. The van der Waals surface area contributed by atoms with Crippen molar-refractivity contribution >= 4 is 29.0 Å². The second-order valence-corrected chi connectivity index (χ2v) is 7.40. The number of benzene rings is 2. The van der Waals surface area contributed by atoms with E-state index < -0.39 is 5.91 Å². The summed E-state index contributed by atoms with van der Waals surface area (Å²) in [5.74, 6) is 0.700. The zero-order valence-corrected chi connectivity index (χ0v) is 15.7. The van der Waals surface area contributed by atoms with Gasteiger partial charge in [-0.1, -0.05) is 42.1 Å². The van der Waals surface area contributed by atoms with E-state index in [0.29, 0.717) is 22.4 Å². The molecule has 2 aromatic carbocycles. The number of nitrogens with zero attached hydrogens (tertiary/aromatic N) is 3. The molecule has 0 radical (unpaired) electrons. The van der Waals surface area contributed by atoms with Crippen molar-refractivity contribution < 1.29 is 9.21 Å². The fourth-order valence-corrected chi connectivity index (χ4v) is 3.97. The van der Waals surface area contributed by atoms with Crippen LogP contribution in [0.2, 0.25) is 0 Å². The smallest absolute Gasteiger partial charge is 0.277 e. The van der Waals surface area contributed by atoms with E-state index in [1.165, 1.54) is 11.8 Å². The van der Waals surface area contributed by atoms with Gasteiger partial charge in [0.25, 0.3) is 5.22 Å². The first-order valence-electron chi connectivity index (χ1n) is 8.05. The van der Waals surface area contributed by atoms with Crippen LogP contribution in [0.25, 0.3) is 22.0 Å². The minimum Gasteiger partial charge on any atom is -0.411 e. The Hall–Kier alpha value is -2.97. The van der Waals surface area contributed by atoms with Gasteiger partial charge in [-0.15, -0.1) is 21.5 Å². The Morgan fingerprint density at radius 2 is 1.81 bits per heavy atom. The Labute approximate surface area is 163 Å². The van der Waals surface area contributed by atoms with Gasteiger partial charge in [-0.3, -0.25) is 4.79 Å². The number of aromatic nitrogens is 3.